The van der Waals surface area contributed by atoms with Crippen molar-refractivity contribution in [3.8, 4) is 0 Å². The van der Waals surface area contributed by atoms with Crippen molar-refractivity contribution in [1.29, 1.82) is 0 Å². The van der Waals surface area contributed by atoms with E-state index in [1.54, 1.807) is 0 Å². The van der Waals surface area contributed by atoms with Gasteiger partial charge in [0.25, 0.3) is 0 Å². The third-order valence-electron chi connectivity index (χ3n) is 2.10. The molecule has 0 aromatic carbocycles. The van der Waals surface area contributed by atoms with E-state index in [4.69, 9.17) is 15.3 Å². The summed E-state index contributed by atoms with van der Waals surface area (Å²) in [5.74, 6) is 0. The second kappa shape index (κ2) is 3.87. The highest BCUT2D eigenvalue weighted by atomic mass is 16.6. The molecule has 1 saturated heterocycles. The molecule has 78 valence electrons. The van der Waals surface area contributed by atoms with Gasteiger partial charge in [-0.1, -0.05) is 0 Å². The molecule has 0 aromatic heterocycles. The molecule has 1 aliphatic rings. The molecule has 6 nitrogen and oxygen atoms in total. The minimum Gasteiger partial charge on any atom is -0.391 e. The highest BCUT2D eigenvalue weighted by molar-refractivity contribution is 4.90. The summed E-state index contributed by atoms with van der Waals surface area (Å²) in [5.41, 5.74) is 0. The number of hydrogen-bond acceptors (Lipinski definition) is 6. The standard InChI is InChI=1S/C7H14O6/c1-2(8)6-4(10)3(9)5(11)7(12)13-6/h2-12H,1H3/t2-,3-,4+,5+,6+,7?/m1/s1. The molecule has 0 aromatic rings. The maximum atomic E-state index is 9.29. The van der Waals surface area contributed by atoms with E-state index >= 15 is 0 Å². The first-order valence-corrected chi connectivity index (χ1v) is 4.01. The third-order valence-corrected chi connectivity index (χ3v) is 2.10. The minimum absolute atomic E-state index is 1.04. The lowest BCUT2D eigenvalue weighted by Gasteiger charge is -2.39. The summed E-state index contributed by atoms with van der Waals surface area (Å²) in [6.45, 7) is 1.35. The van der Waals surface area contributed by atoms with Gasteiger partial charge in [0.1, 0.15) is 24.4 Å². The zero-order valence-electron chi connectivity index (χ0n) is 7.11. The summed E-state index contributed by atoms with van der Waals surface area (Å²) in [6.07, 6.45) is -8.18. The topological polar surface area (TPSA) is 110 Å². The van der Waals surface area contributed by atoms with E-state index in [9.17, 15) is 10.2 Å². The molecule has 1 unspecified atom stereocenters. The molecule has 0 amide bonds. The van der Waals surface area contributed by atoms with Gasteiger partial charge in [-0.05, 0) is 6.92 Å². The lowest BCUT2D eigenvalue weighted by molar-refractivity contribution is -0.295. The van der Waals surface area contributed by atoms with E-state index in [0.717, 1.165) is 0 Å². The van der Waals surface area contributed by atoms with Crippen LogP contribution in [0.3, 0.4) is 0 Å². The SMILES string of the molecule is C[C@@H](O)[C@@H]1OC(O)[C@@H](O)[C@H](O)[C@@H]1O. The molecule has 0 saturated carbocycles. The summed E-state index contributed by atoms with van der Waals surface area (Å²) >= 11 is 0. The van der Waals surface area contributed by atoms with Crippen molar-refractivity contribution in [3.05, 3.63) is 0 Å². The van der Waals surface area contributed by atoms with Crippen molar-refractivity contribution in [1.82, 2.24) is 0 Å². The van der Waals surface area contributed by atoms with Crippen LogP contribution in [-0.2, 0) is 4.74 Å². The molecular formula is C7H14O6. The Labute approximate surface area is 75.0 Å². The van der Waals surface area contributed by atoms with Gasteiger partial charge in [-0.25, -0.2) is 0 Å². The van der Waals surface area contributed by atoms with Crippen molar-refractivity contribution in [2.45, 2.75) is 43.7 Å². The lowest BCUT2D eigenvalue weighted by Crippen LogP contribution is -2.60. The van der Waals surface area contributed by atoms with Crippen LogP contribution in [0, 0.1) is 0 Å². The number of aliphatic hydroxyl groups excluding tert-OH is 5. The maximum absolute atomic E-state index is 9.29. The van der Waals surface area contributed by atoms with E-state index in [-0.39, 0.29) is 0 Å². The molecule has 1 fully saturated rings. The summed E-state index contributed by atoms with van der Waals surface area (Å²) < 4.78 is 4.69. The van der Waals surface area contributed by atoms with E-state index in [0.29, 0.717) is 0 Å². The molecule has 1 aliphatic heterocycles. The largest absolute Gasteiger partial charge is 0.391 e. The van der Waals surface area contributed by atoms with Crippen molar-refractivity contribution >= 4 is 0 Å². The molecular weight excluding hydrogens is 180 g/mol. The Morgan fingerprint density at radius 2 is 1.54 bits per heavy atom. The normalized spacial score (nSPS) is 48.9. The van der Waals surface area contributed by atoms with Gasteiger partial charge in [0.2, 0.25) is 0 Å². The van der Waals surface area contributed by atoms with Crippen molar-refractivity contribution in [2.75, 3.05) is 0 Å². The summed E-state index contributed by atoms with van der Waals surface area (Å²) in [6, 6.07) is 0. The predicted molar refractivity (Wildman–Crippen MR) is 40.6 cm³/mol. The van der Waals surface area contributed by atoms with Crippen LogP contribution in [0.2, 0.25) is 0 Å². The number of aliphatic hydroxyl groups is 5. The molecule has 0 bridgehead atoms. The predicted octanol–water partition coefficient (Wildman–Crippen LogP) is -2.83. The van der Waals surface area contributed by atoms with Crippen LogP contribution >= 0.6 is 0 Å². The molecule has 6 heteroatoms. The lowest BCUT2D eigenvalue weighted by atomic mass is 9.96. The molecule has 0 spiro atoms. The number of hydrogen-bond donors (Lipinski definition) is 5. The van der Waals surface area contributed by atoms with Crippen LogP contribution in [0.1, 0.15) is 6.92 Å². The third kappa shape index (κ3) is 1.98. The Balaban J connectivity index is 2.70. The highest BCUT2D eigenvalue weighted by Crippen LogP contribution is 2.21. The fraction of sp³-hybridized carbons (Fsp3) is 1.00. The van der Waals surface area contributed by atoms with Gasteiger partial charge in [-0.3, -0.25) is 0 Å². The van der Waals surface area contributed by atoms with Gasteiger partial charge in [-0.15, -0.1) is 0 Å². The van der Waals surface area contributed by atoms with Crippen LogP contribution in [0.5, 0.6) is 0 Å². The van der Waals surface area contributed by atoms with Gasteiger partial charge in [0.15, 0.2) is 6.29 Å². The first-order chi connectivity index (χ1) is 5.95. The fourth-order valence-electron chi connectivity index (χ4n) is 1.29. The Bertz CT molecular complexity index is 172. The first kappa shape index (κ1) is 10.8. The molecule has 1 rings (SSSR count). The first-order valence-electron chi connectivity index (χ1n) is 4.01. The Hall–Kier alpha value is -0.240. The van der Waals surface area contributed by atoms with Gasteiger partial charge >= 0.3 is 0 Å². The number of rotatable bonds is 1. The van der Waals surface area contributed by atoms with Crippen LogP contribution < -0.4 is 0 Å². The van der Waals surface area contributed by atoms with E-state index in [1.165, 1.54) is 6.92 Å². The average molecular weight is 194 g/mol. The van der Waals surface area contributed by atoms with Crippen molar-refractivity contribution in [2.24, 2.45) is 0 Å². The molecule has 1 heterocycles. The van der Waals surface area contributed by atoms with Gasteiger partial charge < -0.3 is 30.3 Å². The zero-order valence-corrected chi connectivity index (χ0v) is 7.11. The summed E-state index contributed by atoms with van der Waals surface area (Å²) in [4.78, 5) is 0. The monoisotopic (exact) mass is 194 g/mol. The fourth-order valence-corrected chi connectivity index (χ4v) is 1.29. The molecule has 13 heavy (non-hydrogen) atoms. The average Bonchev–Trinajstić information content (AvgIpc) is 2.07. The van der Waals surface area contributed by atoms with E-state index in [2.05, 4.69) is 4.74 Å². The molecule has 0 aliphatic carbocycles. The van der Waals surface area contributed by atoms with E-state index in [1.807, 2.05) is 0 Å². The molecule has 0 radical (unpaired) electrons. The van der Waals surface area contributed by atoms with Crippen molar-refractivity contribution < 1.29 is 30.3 Å². The van der Waals surface area contributed by atoms with Gasteiger partial charge in [-0.2, -0.15) is 0 Å². The Morgan fingerprint density at radius 1 is 1.00 bits per heavy atom. The minimum atomic E-state index is -1.59. The summed E-state index contributed by atoms with van der Waals surface area (Å²) in [5, 5.41) is 45.6. The second-order valence-electron chi connectivity index (χ2n) is 3.20. The Kier molecular flexibility index (Phi) is 3.23. The van der Waals surface area contributed by atoms with Crippen LogP contribution in [0.15, 0.2) is 0 Å². The Morgan fingerprint density at radius 3 is 2.00 bits per heavy atom. The van der Waals surface area contributed by atoms with Crippen LogP contribution in [0.4, 0.5) is 0 Å². The van der Waals surface area contributed by atoms with E-state index < -0.39 is 36.8 Å². The zero-order chi connectivity index (χ0) is 10.2. The molecule has 5 N–H and O–H groups in total. The van der Waals surface area contributed by atoms with Crippen LogP contribution in [-0.4, -0.2) is 62.3 Å². The quantitative estimate of drug-likeness (QED) is 0.308. The van der Waals surface area contributed by atoms with Gasteiger partial charge in [0.05, 0.1) is 6.10 Å². The number of ether oxygens (including phenoxy) is 1. The molecule has 6 atom stereocenters. The van der Waals surface area contributed by atoms with Crippen LogP contribution in [0.25, 0.3) is 0 Å². The second-order valence-corrected chi connectivity index (χ2v) is 3.20. The summed E-state index contributed by atoms with van der Waals surface area (Å²) in [7, 11) is 0. The maximum Gasteiger partial charge on any atom is 0.184 e. The smallest absolute Gasteiger partial charge is 0.184 e. The van der Waals surface area contributed by atoms with Crippen molar-refractivity contribution in [3.63, 3.8) is 0 Å². The van der Waals surface area contributed by atoms with Gasteiger partial charge in [0, 0.05) is 0 Å². The highest BCUT2D eigenvalue weighted by Gasteiger charge is 2.44.